The molecular formula is C14H6Cl4N2O2. The van der Waals surface area contributed by atoms with Gasteiger partial charge in [-0.2, -0.15) is 10.5 Å². The minimum Gasteiger partial charge on any atom is -0.505 e. The highest BCUT2D eigenvalue weighted by Crippen LogP contribution is 2.33. The van der Waals surface area contributed by atoms with Gasteiger partial charge >= 0.3 is 0 Å². The Morgan fingerprint density at radius 2 is 0.864 bits per heavy atom. The maximum atomic E-state index is 9.05. The van der Waals surface area contributed by atoms with Crippen LogP contribution in [0.1, 0.15) is 11.1 Å². The van der Waals surface area contributed by atoms with E-state index in [0.29, 0.717) is 11.1 Å². The van der Waals surface area contributed by atoms with E-state index in [4.69, 9.17) is 67.1 Å². The predicted octanol–water partition coefficient (Wildman–Crippen LogP) is 5.14. The summed E-state index contributed by atoms with van der Waals surface area (Å²) >= 11 is 22.0. The van der Waals surface area contributed by atoms with Crippen LogP contribution in [0, 0.1) is 22.7 Å². The summed E-state index contributed by atoms with van der Waals surface area (Å²) < 4.78 is 0. The minimum atomic E-state index is -0.188. The highest BCUT2D eigenvalue weighted by Gasteiger charge is 2.06. The highest BCUT2D eigenvalue weighted by molar-refractivity contribution is 6.37. The van der Waals surface area contributed by atoms with Gasteiger partial charge in [0, 0.05) is 0 Å². The van der Waals surface area contributed by atoms with Crippen molar-refractivity contribution in [2.75, 3.05) is 0 Å². The van der Waals surface area contributed by atoms with Crippen molar-refractivity contribution in [1.82, 2.24) is 0 Å². The van der Waals surface area contributed by atoms with Crippen LogP contribution < -0.4 is 0 Å². The van der Waals surface area contributed by atoms with Gasteiger partial charge < -0.3 is 10.2 Å². The second-order valence-electron chi connectivity index (χ2n) is 3.80. The molecule has 0 saturated heterocycles. The molecule has 0 amide bonds. The first-order valence-electron chi connectivity index (χ1n) is 5.46. The molecule has 2 rings (SSSR count). The Kier molecular flexibility index (Phi) is 6.61. The van der Waals surface area contributed by atoms with Crippen molar-refractivity contribution in [3.05, 3.63) is 55.5 Å². The quantitative estimate of drug-likeness (QED) is 0.667. The van der Waals surface area contributed by atoms with Crippen LogP contribution in [0.3, 0.4) is 0 Å². The third-order valence-corrected chi connectivity index (χ3v) is 3.44. The summed E-state index contributed by atoms with van der Waals surface area (Å²) in [5, 5.41) is 35.3. The molecule has 112 valence electrons. The molecule has 2 aromatic carbocycles. The maximum absolute atomic E-state index is 9.05. The van der Waals surface area contributed by atoms with Crippen LogP contribution >= 0.6 is 46.4 Å². The molecule has 0 spiro atoms. The fourth-order valence-corrected chi connectivity index (χ4v) is 2.23. The molecule has 0 saturated carbocycles. The van der Waals surface area contributed by atoms with Crippen molar-refractivity contribution in [1.29, 1.82) is 10.5 Å². The number of phenols is 2. The van der Waals surface area contributed by atoms with Gasteiger partial charge in [-0.05, 0) is 24.3 Å². The third kappa shape index (κ3) is 4.59. The lowest BCUT2D eigenvalue weighted by Crippen LogP contribution is -1.76. The molecule has 0 atom stereocenters. The fourth-order valence-electron chi connectivity index (χ4n) is 1.26. The summed E-state index contributed by atoms with van der Waals surface area (Å²) in [6, 6.07) is 9.11. The van der Waals surface area contributed by atoms with E-state index >= 15 is 0 Å². The molecule has 0 unspecified atom stereocenters. The average molecular weight is 376 g/mol. The van der Waals surface area contributed by atoms with Gasteiger partial charge in [-0.25, -0.2) is 0 Å². The molecule has 0 aliphatic heterocycles. The normalized spacial score (nSPS) is 9.18. The summed E-state index contributed by atoms with van der Waals surface area (Å²) in [5.41, 5.74) is 0.663. The van der Waals surface area contributed by atoms with Crippen LogP contribution in [0.2, 0.25) is 20.1 Å². The van der Waals surface area contributed by atoms with E-state index in [1.54, 1.807) is 0 Å². The number of hydrogen-bond acceptors (Lipinski definition) is 4. The van der Waals surface area contributed by atoms with E-state index in [2.05, 4.69) is 0 Å². The van der Waals surface area contributed by atoms with Crippen molar-refractivity contribution in [2.24, 2.45) is 0 Å². The van der Waals surface area contributed by atoms with Gasteiger partial charge in [0.1, 0.15) is 0 Å². The lowest BCUT2D eigenvalue weighted by atomic mass is 10.2. The molecule has 2 N–H and O–H groups in total. The number of nitrogens with zero attached hydrogens (tertiary/aromatic N) is 2. The van der Waals surface area contributed by atoms with Gasteiger partial charge in [0.15, 0.2) is 11.5 Å². The lowest BCUT2D eigenvalue weighted by molar-refractivity contribution is 0.475. The number of hydrogen-bond donors (Lipinski definition) is 2. The summed E-state index contributed by atoms with van der Waals surface area (Å²) in [7, 11) is 0. The van der Waals surface area contributed by atoms with Crippen molar-refractivity contribution in [3.63, 3.8) is 0 Å². The molecule has 0 bridgehead atoms. The van der Waals surface area contributed by atoms with Gasteiger partial charge in [-0.15, -0.1) is 0 Å². The molecule has 0 aromatic heterocycles. The number of rotatable bonds is 0. The first kappa shape index (κ1) is 18.2. The fraction of sp³-hybridized carbons (Fsp3) is 0. The largest absolute Gasteiger partial charge is 0.505 e. The summed E-state index contributed by atoms with van der Waals surface area (Å²) in [5.74, 6) is -0.375. The smallest absolute Gasteiger partial charge is 0.152 e. The minimum absolute atomic E-state index is 0.0917. The van der Waals surface area contributed by atoms with Crippen LogP contribution in [0.15, 0.2) is 24.3 Å². The van der Waals surface area contributed by atoms with Gasteiger partial charge in [-0.3, -0.25) is 0 Å². The summed E-state index contributed by atoms with van der Waals surface area (Å²) in [6.07, 6.45) is 0. The van der Waals surface area contributed by atoms with Crippen LogP contribution in [0.25, 0.3) is 0 Å². The maximum Gasteiger partial charge on any atom is 0.152 e. The van der Waals surface area contributed by atoms with Gasteiger partial charge in [-0.1, -0.05) is 46.4 Å². The van der Waals surface area contributed by atoms with Crippen molar-refractivity contribution in [3.8, 4) is 23.6 Å². The van der Waals surface area contributed by atoms with E-state index < -0.39 is 0 Å². The first-order valence-corrected chi connectivity index (χ1v) is 6.97. The Morgan fingerprint density at radius 1 is 0.636 bits per heavy atom. The van der Waals surface area contributed by atoms with E-state index in [-0.39, 0.29) is 31.6 Å². The zero-order chi connectivity index (χ0) is 16.9. The topological polar surface area (TPSA) is 88.0 Å². The number of phenolic OH excluding ortho intramolecular Hbond substituents is 2. The Hall–Kier alpha value is -1.82. The molecule has 0 aliphatic carbocycles. The first-order chi connectivity index (χ1) is 10.3. The number of benzene rings is 2. The molecule has 4 nitrogen and oxygen atoms in total. The van der Waals surface area contributed by atoms with E-state index in [1.165, 1.54) is 24.3 Å². The Morgan fingerprint density at radius 3 is 1.05 bits per heavy atom. The zero-order valence-electron chi connectivity index (χ0n) is 10.6. The molecular weight excluding hydrogens is 370 g/mol. The average Bonchev–Trinajstić information content (AvgIpc) is 2.49. The Labute approximate surface area is 146 Å². The summed E-state index contributed by atoms with van der Waals surface area (Å²) in [4.78, 5) is 0. The molecule has 0 radical (unpaired) electrons. The number of aromatic hydroxyl groups is 2. The van der Waals surface area contributed by atoms with Gasteiger partial charge in [0.2, 0.25) is 0 Å². The van der Waals surface area contributed by atoms with Crippen molar-refractivity contribution >= 4 is 46.4 Å². The number of nitriles is 2. The predicted molar refractivity (Wildman–Crippen MR) is 85.7 cm³/mol. The van der Waals surface area contributed by atoms with Crippen molar-refractivity contribution in [2.45, 2.75) is 0 Å². The molecule has 0 fully saturated rings. The second-order valence-corrected chi connectivity index (χ2v) is 5.43. The molecule has 8 heteroatoms. The van der Waals surface area contributed by atoms with Crippen LogP contribution in [-0.2, 0) is 0 Å². The standard InChI is InChI=1S/2C7H3Cl2NO/c2*8-5-1-4(3-10)2-6(9)7(5)11/h2*1-2,11H. The monoisotopic (exact) mass is 374 g/mol. The van der Waals surface area contributed by atoms with E-state index in [1.807, 2.05) is 12.1 Å². The van der Waals surface area contributed by atoms with E-state index in [9.17, 15) is 0 Å². The molecule has 22 heavy (non-hydrogen) atoms. The third-order valence-electron chi connectivity index (χ3n) is 2.29. The Bertz CT molecular complexity index is 681. The molecule has 2 aromatic rings. The second kappa shape index (κ2) is 7.98. The van der Waals surface area contributed by atoms with E-state index in [0.717, 1.165) is 0 Å². The van der Waals surface area contributed by atoms with Crippen molar-refractivity contribution < 1.29 is 10.2 Å². The van der Waals surface area contributed by atoms with Crippen LogP contribution in [0.5, 0.6) is 11.5 Å². The summed E-state index contributed by atoms with van der Waals surface area (Å²) in [6.45, 7) is 0. The SMILES string of the molecule is N#Cc1cc(Cl)c(O)c(Cl)c1.N#Cc1cc(Cl)c(O)c(Cl)c1. The number of halogens is 4. The highest BCUT2D eigenvalue weighted by atomic mass is 35.5. The van der Waals surface area contributed by atoms with Crippen LogP contribution in [0.4, 0.5) is 0 Å². The molecule has 0 aliphatic rings. The lowest BCUT2D eigenvalue weighted by Gasteiger charge is -1.98. The van der Waals surface area contributed by atoms with Crippen LogP contribution in [-0.4, -0.2) is 10.2 Å². The molecule has 0 heterocycles. The Balaban J connectivity index is 0.000000220. The zero-order valence-corrected chi connectivity index (χ0v) is 13.6. The van der Waals surface area contributed by atoms with Gasteiger partial charge in [0.05, 0.1) is 43.4 Å². The van der Waals surface area contributed by atoms with Gasteiger partial charge in [0.25, 0.3) is 0 Å².